The van der Waals surface area contributed by atoms with E-state index in [1.807, 2.05) is 73.7 Å². The Kier molecular flexibility index (Phi) is 8.71. The monoisotopic (exact) mass is 501 g/mol. The number of alkyl carbamates (subject to hydrolysis) is 1. The molecule has 0 aliphatic heterocycles. The molecular weight excluding hydrogens is 466 g/mol. The van der Waals surface area contributed by atoms with Crippen LogP contribution in [0.5, 0.6) is 0 Å². The van der Waals surface area contributed by atoms with Crippen molar-refractivity contribution in [3.8, 4) is 0 Å². The average molecular weight is 502 g/mol. The number of amides is 3. The minimum atomic E-state index is -0.957. The van der Waals surface area contributed by atoms with Crippen LogP contribution in [0, 0.1) is 6.92 Å². The van der Waals surface area contributed by atoms with Crippen LogP contribution in [0.15, 0.2) is 79.4 Å². The van der Waals surface area contributed by atoms with Gasteiger partial charge in [-0.25, -0.2) is 4.79 Å². The molecule has 0 saturated carbocycles. The third kappa shape index (κ3) is 7.19. The van der Waals surface area contributed by atoms with Crippen LogP contribution in [0.25, 0.3) is 10.8 Å². The number of carbonyl (C=O) groups excluding carboxylic acids is 3. The average Bonchev–Trinajstić information content (AvgIpc) is 2.83. The number of ether oxygens (including phenoxy) is 1. The van der Waals surface area contributed by atoms with E-state index in [0.717, 1.165) is 16.3 Å². The first-order valence-electron chi connectivity index (χ1n) is 12.3. The maximum absolute atomic E-state index is 13.8. The van der Waals surface area contributed by atoms with E-state index in [-0.39, 0.29) is 12.5 Å². The summed E-state index contributed by atoms with van der Waals surface area (Å²) >= 11 is 0. The number of aryl methyl sites for hydroxylation is 1. The lowest BCUT2D eigenvalue weighted by Crippen LogP contribution is -2.51. The predicted octanol–water partition coefficient (Wildman–Crippen LogP) is 5.76. The van der Waals surface area contributed by atoms with Crippen molar-refractivity contribution in [3.05, 3.63) is 90.5 Å². The van der Waals surface area contributed by atoms with E-state index < -0.39 is 29.7 Å². The topological polar surface area (TPSA) is 87.7 Å². The van der Waals surface area contributed by atoms with Gasteiger partial charge in [-0.3, -0.25) is 9.59 Å². The smallest absolute Gasteiger partial charge is 0.408 e. The Morgan fingerprint density at radius 3 is 2.30 bits per heavy atom. The second kappa shape index (κ2) is 11.7. The van der Waals surface area contributed by atoms with Gasteiger partial charge >= 0.3 is 6.09 Å². The van der Waals surface area contributed by atoms with E-state index in [4.69, 9.17) is 4.74 Å². The van der Waals surface area contributed by atoms with E-state index in [0.29, 0.717) is 11.3 Å². The van der Waals surface area contributed by atoms with Crippen LogP contribution in [-0.4, -0.2) is 41.0 Å². The van der Waals surface area contributed by atoms with E-state index in [1.54, 1.807) is 33.8 Å². The lowest BCUT2D eigenvalue weighted by Gasteiger charge is -2.33. The first-order valence-corrected chi connectivity index (χ1v) is 12.3. The molecule has 0 heterocycles. The van der Waals surface area contributed by atoms with Gasteiger partial charge in [-0.15, -0.1) is 6.58 Å². The number of rotatable bonds is 8. The Hall–Kier alpha value is -4.13. The first kappa shape index (κ1) is 27.5. The van der Waals surface area contributed by atoms with E-state index in [9.17, 15) is 14.4 Å². The lowest BCUT2D eigenvalue weighted by molar-refractivity contribution is -0.139. The van der Waals surface area contributed by atoms with Crippen molar-refractivity contribution in [2.45, 2.75) is 52.3 Å². The molecule has 2 N–H and O–H groups in total. The number of benzene rings is 3. The van der Waals surface area contributed by atoms with Crippen molar-refractivity contribution < 1.29 is 19.1 Å². The highest BCUT2D eigenvalue weighted by atomic mass is 16.6. The molecule has 3 amide bonds. The fourth-order valence-corrected chi connectivity index (χ4v) is 4.08. The molecule has 7 nitrogen and oxygen atoms in total. The molecule has 2 atom stereocenters. The Morgan fingerprint density at radius 1 is 1.00 bits per heavy atom. The van der Waals surface area contributed by atoms with Gasteiger partial charge in [-0.05, 0) is 68.7 Å². The van der Waals surface area contributed by atoms with Crippen LogP contribution < -0.4 is 10.6 Å². The van der Waals surface area contributed by atoms with Crippen LogP contribution in [-0.2, 0) is 14.3 Å². The number of anilines is 1. The van der Waals surface area contributed by atoms with Gasteiger partial charge in [-0.2, -0.15) is 0 Å². The summed E-state index contributed by atoms with van der Waals surface area (Å²) in [6.45, 7) is 12.6. The highest BCUT2D eigenvalue weighted by molar-refractivity contribution is 6.00. The predicted molar refractivity (Wildman–Crippen MR) is 147 cm³/mol. The molecule has 194 valence electrons. The minimum absolute atomic E-state index is 0.101. The molecule has 3 aromatic rings. The van der Waals surface area contributed by atoms with Crippen LogP contribution in [0.3, 0.4) is 0 Å². The van der Waals surface area contributed by atoms with E-state index in [1.165, 1.54) is 4.90 Å². The first-order chi connectivity index (χ1) is 17.5. The molecule has 3 rings (SSSR count). The molecule has 0 spiro atoms. The Balaban J connectivity index is 1.94. The summed E-state index contributed by atoms with van der Waals surface area (Å²) in [6, 6.07) is 19.1. The van der Waals surface area contributed by atoms with Crippen molar-refractivity contribution in [2.75, 3.05) is 11.9 Å². The fraction of sp³-hybridized carbons (Fsp3) is 0.300. The van der Waals surface area contributed by atoms with Crippen molar-refractivity contribution in [3.63, 3.8) is 0 Å². The van der Waals surface area contributed by atoms with Gasteiger partial charge in [0.15, 0.2) is 0 Å². The van der Waals surface area contributed by atoms with Crippen LogP contribution in [0.1, 0.15) is 44.9 Å². The second-order valence-corrected chi connectivity index (χ2v) is 9.96. The van der Waals surface area contributed by atoms with Gasteiger partial charge in [-0.1, -0.05) is 60.7 Å². The number of nitrogens with zero attached hydrogens (tertiary/aromatic N) is 1. The quantitative estimate of drug-likeness (QED) is 0.385. The molecule has 0 aromatic heterocycles. The zero-order chi connectivity index (χ0) is 27.2. The molecule has 0 aliphatic carbocycles. The number of nitrogens with one attached hydrogen (secondary N) is 2. The molecule has 0 bridgehead atoms. The summed E-state index contributed by atoms with van der Waals surface area (Å²) in [7, 11) is 0. The molecule has 2 unspecified atom stereocenters. The largest absolute Gasteiger partial charge is 0.444 e. The maximum Gasteiger partial charge on any atom is 0.408 e. The summed E-state index contributed by atoms with van der Waals surface area (Å²) in [5.74, 6) is -0.808. The molecule has 0 radical (unpaired) electrons. The molecule has 0 fully saturated rings. The van der Waals surface area contributed by atoms with Gasteiger partial charge in [0.2, 0.25) is 5.91 Å². The third-order valence-electron chi connectivity index (χ3n) is 5.77. The molecule has 7 heteroatoms. The Bertz CT molecular complexity index is 1300. The number of fused-ring (bicyclic) bond motifs is 1. The molecule has 0 aliphatic rings. The van der Waals surface area contributed by atoms with Crippen molar-refractivity contribution in [1.82, 2.24) is 10.2 Å². The van der Waals surface area contributed by atoms with Crippen molar-refractivity contribution in [1.29, 1.82) is 0 Å². The zero-order valence-electron chi connectivity index (χ0n) is 22.1. The van der Waals surface area contributed by atoms with Crippen LogP contribution in [0.4, 0.5) is 10.5 Å². The molecule has 3 aromatic carbocycles. The summed E-state index contributed by atoms with van der Waals surface area (Å²) in [4.78, 5) is 41.2. The molecule has 37 heavy (non-hydrogen) atoms. The summed E-state index contributed by atoms with van der Waals surface area (Å²) in [5.41, 5.74) is 1.45. The summed E-state index contributed by atoms with van der Waals surface area (Å²) < 4.78 is 5.30. The minimum Gasteiger partial charge on any atom is -0.444 e. The maximum atomic E-state index is 13.8. The van der Waals surface area contributed by atoms with Gasteiger partial charge in [0.25, 0.3) is 5.91 Å². The lowest BCUT2D eigenvalue weighted by atomic mass is 9.98. The fourth-order valence-electron chi connectivity index (χ4n) is 4.08. The van der Waals surface area contributed by atoms with Gasteiger partial charge in [0.1, 0.15) is 17.7 Å². The standard InChI is InChI=1S/C30H35N3O4/c1-7-18-33(28(35)21(3)31-29(36)37-30(4,5)6)26(25-15-11-8-12-20(25)2)27(34)32-24-17-16-22-13-9-10-14-23(22)19-24/h7-17,19,21,26H,1,18H2,2-6H3,(H,31,36)(H,32,34). The number of carbonyl (C=O) groups is 3. The molecular formula is C30H35N3O4. The van der Waals surface area contributed by atoms with Crippen LogP contribution >= 0.6 is 0 Å². The van der Waals surface area contributed by atoms with E-state index >= 15 is 0 Å². The van der Waals surface area contributed by atoms with Gasteiger partial charge in [0.05, 0.1) is 0 Å². The second-order valence-electron chi connectivity index (χ2n) is 9.96. The Morgan fingerprint density at radius 2 is 1.65 bits per heavy atom. The van der Waals surface area contributed by atoms with Crippen LogP contribution in [0.2, 0.25) is 0 Å². The van der Waals surface area contributed by atoms with Crippen molar-refractivity contribution in [2.24, 2.45) is 0 Å². The van der Waals surface area contributed by atoms with Gasteiger partial charge in [0, 0.05) is 12.2 Å². The number of hydrogen-bond acceptors (Lipinski definition) is 4. The molecule has 0 saturated heterocycles. The van der Waals surface area contributed by atoms with E-state index in [2.05, 4.69) is 17.2 Å². The van der Waals surface area contributed by atoms with Gasteiger partial charge < -0.3 is 20.3 Å². The zero-order valence-corrected chi connectivity index (χ0v) is 22.1. The third-order valence-corrected chi connectivity index (χ3v) is 5.77. The summed E-state index contributed by atoms with van der Waals surface area (Å²) in [6.07, 6.45) is 0.854. The highest BCUT2D eigenvalue weighted by Gasteiger charge is 2.35. The highest BCUT2D eigenvalue weighted by Crippen LogP contribution is 2.28. The normalized spacial score (nSPS) is 12.8. The number of hydrogen-bond donors (Lipinski definition) is 2. The SMILES string of the molecule is C=CCN(C(=O)C(C)NC(=O)OC(C)(C)C)C(C(=O)Nc1ccc2ccccc2c1)c1ccccc1C. The van der Waals surface area contributed by atoms with Crippen molar-refractivity contribution >= 4 is 34.4 Å². The summed E-state index contributed by atoms with van der Waals surface area (Å²) in [5, 5.41) is 7.62. The Labute approximate surface area is 218 Å².